The van der Waals surface area contributed by atoms with Gasteiger partial charge in [0.2, 0.25) is 0 Å². The van der Waals surface area contributed by atoms with Crippen molar-refractivity contribution in [2.75, 3.05) is 20.3 Å². The Morgan fingerprint density at radius 3 is 2.94 bits per heavy atom. The Morgan fingerprint density at radius 2 is 2.29 bits per heavy atom. The number of hydrogen-bond acceptors (Lipinski definition) is 3. The lowest BCUT2D eigenvalue weighted by atomic mass is 10.1. The van der Waals surface area contributed by atoms with Crippen LogP contribution in [0.25, 0.3) is 0 Å². The van der Waals surface area contributed by atoms with Gasteiger partial charge in [0.1, 0.15) is 5.15 Å². The predicted molar refractivity (Wildman–Crippen MR) is 67.5 cm³/mol. The second-order valence-electron chi connectivity index (χ2n) is 3.67. The van der Waals surface area contributed by atoms with Gasteiger partial charge in [-0.3, -0.25) is 4.79 Å². The first kappa shape index (κ1) is 13.9. The highest BCUT2D eigenvalue weighted by Crippen LogP contribution is 2.12. The number of nitrogens with one attached hydrogen (secondary N) is 1. The van der Waals surface area contributed by atoms with Crippen LogP contribution in [-0.2, 0) is 11.2 Å². The molecule has 1 aromatic rings. The number of hydrogen-bond donors (Lipinski definition) is 1. The SMILES string of the molecule is CCCc1cc(C(=O)NCCOC)cc(Cl)n1. The summed E-state index contributed by atoms with van der Waals surface area (Å²) in [7, 11) is 1.59. The summed E-state index contributed by atoms with van der Waals surface area (Å²) in [5, 5.41) is 3.10. The van der Waals surface area contributed by atoms with E-state index in [2.05, 4.69) is 17.2 Å². The molecular formula is C12H17ClN2O2. The Balaban J connectivity index is 2.71. The van der Waals surface area contributed by atoms with Gasteiger partial charge in [-0.15, -0.1) is 0 Å². The summed E-state index contributed by atoms with van der Waals surface area (Å²) in [6.45, 7) is 3.03. The third-order valence-corrected chi connectivity index (χ3v) is 2.40. The zero-order valence-electron chi connectivity index (χ0n) is 10.1. The molecule has 17 heavy (non-hydrogen) atoms. The number of ether oxygens (including phenoxy) is 1. The van der Waals surface area contributed by atoms with E-state index >= 15 is 0 Å². The van der Waals surface area contributed by atoms with Crippen molar-refractivity contribution in [2.45, 2.75) is 19.8 Å². The smallest absolute Gasteiger partial charge is 0.251 e. The van der Waals surface area contributed by atoms with Gasteiger partial charge in [-0.05, 0) is 18.6 Å². The maximum Gasteiger partial charge on any atom is 0.251 e. The number of carbonyl (C=O) groups excluding carboxylic acids is 1. The van der Waals surface area contributed by atoms with Gasteiger partial charge in [-0.2, -0.15) is 0 Å². The van der Waals surface area contributed by atoms with Gasteiger partial charge in [0, 0.05) is 24.9 Å². The van der Waals surface area contributed by atoms with Gasteiger partial charge in [0.25, 0.3) is 5.91 Å². The van der Waals surface area contributed by atoms with Crippen LogP contribution in [0.2, 0.25) is 5.15 Å². The highest BCUT2D eigenvalue weighted by atomic mass is 35.5. The molecular weight excluding hydrogens is 240 g/mol. The van der Waals surface area contributed by atoms with Crippen molar-refractivity contribution in [3.05, 3.63) is 28.5 Å². The average Bonchev–Trinajstić information content (AvgIpc) is 2.29. The zero-order chi connectivity index (χ0) is 12.7. The summed E-state index contributed by atoms with van der Waals surface area (Å²) >= 11 is 5.88. The topological polar surface area (TPSA) is 51.2 Å². The second-order valence-corrected chi connectivity index (χ2v) is 4.06. The first-order valence-corrected chi connectivity index (χ1v) is 5.98. The molecule has 0 aliphatic carbocycles. The van der Waals surface area contributed by atoms with Crippen molar-refractivity contribution in [3.63, 3.8) is 0 Å². The van der Waals surface area contributed by atoms with Crippen LogP contribution in [0, 0.1) is 0 Å². The highest BCUT2D eigenvalue weighted by molar-refractivity contribution is 6.29. The molecule has 0 bridgehead atoms. The zero-order valence-corrected chi connectivity index (χ0v) is 10.9. The van der Waals surface area contributed by atoms with Crippen LogP contribution in [0.3, 0.4) is 0 Å². The van der Waals surface area contributed by atoms with E-state index in [1.807, 2.05) is 0 Å². The summed E-state index contributed by atoms with van der Waals surface area (Å²) in [5.74, 6) is -0.149. The lowest BCUT2D eigenvalue weighted by Crippen LogP contribution is -2.27. The van der Waals surface area contributed by atoms with Gasteiger partial charge < -0.3 is 10.1 Å². The van der Waals surface area contributed by atoms with E-state index < -0.39 is 0 Å². The van der Waals surface area contributed by atoms with Crippen molar-refractivity contribution in [1.82, 2.24) is 10.3 Å². The average molecular weight is 257 g/mol. The molecule has 0 unspecified atom stereocenters. The number of nitrogens with zero attached hydrogens (tertiary/aromatic N) is 1. The van der Waals surface area contributed by atoms with E-state index in [-0.39, 0.29) is 5.91 Å². The van der Waals surface area contributed by atoms with Gasteiger partial charge >= 0.3 is 0 Å². The van der Waals surface area contributed by atoms with E-state index in [1.165, 1.54) is 0 Å². The number of amides is 1. The van der Waals surface area contributed by atoms with E-state index in [9.17, 15) is 4.79 Å². The minimum Gasteiger partial charge on any atom is -0.383 e. The first-order chi connectivity index (χ1) is 8.17. The lowest BCUT2D eigenvalue weighted by Gasteiger charge is -2.06. The maximum atomic E-state index is 11.8. The summed E-state index contributed by atoms with van der Waals surface area (Å²) in [4.78, 5) is 15.9. The molecule has 0 aliphatic heterocycles. The third kappa shape index (κ3) is 4.71. The lowest BCUT2D eigenvalue weighted by molar-refractivity contribution is 0.0937. The van der Waals surface area contributed by atoms with Gasteiger partial charge in [-0.1, -0.05) is 24.9 Å². The van der Waals surface area contributed by atoms with E-state index in [0.717, 1.165) is 18.5 Å². The molecule has 94 valence electrons. The summed E-state index contributed by atoms with van der Waals surface area (Å²) in [6, 6.07) is 3.35. The summed E-state index contributed by atoms with van der Waals surface area (Å²) in [6.07, 6.45) is 1.79. The molecule has 0 fully saturated rings. The molecule has 0 spiro atoms. The molecule has 1 rings (SSSR count). The quantitative estimate of drug-likeness (QED) is 0.626. The van der Waals surface area contributed by atoms with Gasteiger partial charge in [0.05, 0.1) is 6.61 Å². The van der Waals surface area contributed by atoms with Gasteiger partial charge in [0.15, 0.2) is 0 Å². The molecule has 1 N–H and O–H groups in total. The van der Waals surface area contributed by atoms with Gasteiger partial charge in [-0.25, -0.2) is 4.98 Å². The van der Waals surface area contributed by atoms with Crippen LogP contribution in [0.4, 0.5) is 0 Å². The Hall–Kier alpha value is -1.13. The fourth-order valence-corrected chi connectivity index (χ4v) is 1.66. The Kier molecular flexibility index (Phi) is 5.94. The molecule has 0 aromatic carbocycles. The van der Waals surface area contributed by atoms with Crippen LogP contribution in [0.15, 0.2) is 12.1 Å². The molecule has 0 saturated heterocycles. The number of aromatic nitrogens is 1. The first-order valence-electron chi connectivity index (χ1n) is 5.61. The molecule has 0 saturated carbocycles. The van der Waals surface area contributed by atoms with Crippen LogP contribution in [0.1, 0.15) is 29.4 Å². The van der Waals surface area contributed by atoms with Crippen molar-refractivity contribution in [2.24, 2.45) is 0 Å². The minimum absolute atomic E-state index is 0.149. The Labute approximate surface area is 106 Å². The third-order valence-electron chi connectivity index (χ3n) is 2.21. The van der Waals surface area contributed by atoms with Crippen molar-refractivity contribution < 1.29 is 9.53 Å². The Bertz CT molecular complexity index is 383. The van der Waals surface area contributed by atoms with Crippen LogP contribution in [-0.4, -0.2) is 31.2 Å². The summed E-state index contributed by atoms with van der Waals surface area (Å²) in [5.41, 5.74) is 1.39. The van der Waals surface area contributed by atoms with Crippen molar-refractivity contribution in [1.29, 1.82) is 0 Å². The van der Waals surface area contributed by atoms with Crippen molar-refractivity contribution >= 4 is 17.5 Å². The fraction of sp³-hybridized carbons (Fsp3) is 0.500. The molecule has 0 aliphatic rings. The largest absolute Gasteiger partial charge is 0.383 e. The molecule has 1 heterocycles. The van der Waals surface area contributed by atoms with E-state index in [4.69, 9.17) is 16.3 Å². The Morgan fingerprint density at radius 1 is 1.53 bits per heavy atom. The number of halogens is 1. The molecule has 0 radical (unpaired) electrons. The van der Waals surface area contributed by atoms with Crippen LogP contribution in [0.5, 0.6) is 0 Å². The minimum atomic E-state index is -0.149. The highest BCUT2D eigenvalue weighted by Gasteiger charge is 2.08. The molecule has 5 heteroatoms. The number of rotatable bonds is 6. The molecule has 4 nitrogen and oxygen atoms in total. The molecule has 0 atom stereocenters. The predicted octanol–water partition coefficient (Wildman–Crippen LogP) is 2.06. The number of pyridine rings is 1. The molecule has 1 amide bonds. The van der Waals surface area contributed by atoms with E-state index in [0.29, 0.717) is 23.9 Å². The normalized spacial score (nSPS) is 10.3. The maximum absolute atomic E-state index is 11.8. The van der Waals surface area contributed by atoms with Crippen molar-refractivity contribution in [3.8, 4) is 0 Å². The number of methoxy groups -OCH3 is 1. The van der Waals surface area contributed by atoms with Crippen LogP contribution < -0.4 is 5.32 Å². The monoisotopic (exact) mass is 256 g/mol. The number of aryl methyl sites for hydroxylation is 1. The number of carbonyl (C=O) groups is 1. The standard InChI is InChI=1S/C12H17ClN2O2/c1-3-4-10-7-9(8-11(13)15-10)12(16)14-5-6-17-2/h7-8H,3-6H2,1-2H3,(H,14,16). The molecule has 1 aromatic heterocycles. The van der Waals surface area contributed by atoms with Crippen LogP contribution >= 0.6 is 11.6 Å². The second kappa shape index (κ2) is 7.25. The fourth-order valence-electron chi connectivity index (χ4n) is 1.44. The summed E-state index contributed by atoms with van der Waals surface area (Å²) < 4.78 is 4.86. The van der Waals surface area contributed by atoms with E-state index in [1.54, 1.807) is 19.2 Å².